The minimum Gasteiger partial charge on any atom is -0.484 e. The fourth-order valence-corrected chi connectivity index (χ4v) is 2.41. The van der Waals surface area contributed by atoms with Crippen LogP contribution in [0.5, 0.6) is 5.75 Å². The Bertz CT molecular complexity index is 843. The third-order valence-corrected chi connectivity index (χ3v) is 4.19. The van der Waals surface area contributed by atoms with Crippen molar-refractivity contribution in [3.05, 3.63) is 65.7 Å². The van der Waals surface area contributed by atoms with E-state index in [0.29, 0.717) is 11.3 Å². The minimum absolute atomic E-state index is 0.0345. The number of hydrogen-bond acceptors (Lipinski definition) is 4. The van der Waals surface area contributed by atoms with Gasteiger partial charge in [-0.15, -0.1) is 0 Å². The summed E-state index contributed by atoms with van der Waals surface area (Å²) in [4.78, 5) is 36.0. The maximum atomic E-state index is 12.0. The summed E-state index contributed by atoms with van der Waals surface area (Å²) in [6.07, 6.45) is 0. The maximum absolute atomic E-state index is 12.0. The lowest BCUT2D eigenvalue weighted by Crippen LogP contribution is -2.51. The third-order valence-electron chi connectivity index (χ3n) is 4.19. The molecule has 0 aliphatic heterocycles. The van der Waals surface area contributed by atoms with Gasteiger partial charge < -0.3 is 10.1 Å². The van der Waals surface area contributed by atoms with Crippen molar-refractivity contribution in [1.29, 1.82) is 0 Å². The Labute approximate surface area is 170 Å². The molecule has 0 bridgehead atoms. The molecule has 3 amide bonds. The van der Waals surface area contributed by atoms with Crippen LogP contribution in [0.1, 0.15) is 43.6 Å². The predicted molar refractivity (Wildman–Crippen MR) is 110 cm³/mol. The van der Waals surface area contributed by atoms with Crippen LogP contribution in [0.3, 0.4) is 0 Å². The molecule has 7 heteroatoms. The maximum Gasteiger partial charge on any atom is 0.276 e. The van der Waals surface area contributed by atoms with E-state index in [-0.39, 0.29) is 17.9 Å². The van der Waals surface area contributed by atoms with Gasteiger partial charge in [0.25, 0.3) is 17.7 Å². The monoisotopic (exact) mass is 397 g/mol. The van der Waals surface area contributed by atoms with Crippen LogP contribution in [0.25, 0.3) is 0 Å². The van der Waals surface area contributed by atoms with Gasteiger partial charge in [-0.3, -0.25) is 25.2 Å². The van der Waals surface area contributed by atoms with Gasteiger partial charge in [0, 0.05) is 5.56 Å². The second-order valence-electron chi connectivity index (χ2n) is 7.66. The highest BCUT2D eigenvalue weighted by Crippen LogP contribution is 2.24. The summed E-state index contributed by atoms with van der Waals surface area (Å²) >= 11 is 0. The second-order valence-corrected chi connectivity index (χ2v) is 7.66. The molecule has 0 aliphatic carbocycles. The molecule has 0 saturated carbocycles. The third kappa shape index (κ3) is 6.95. The van der Waals surface area contributed by atoms with Crippen LogP contribution in [0.4, 0.5) is 0 Å². The Morgan fingerprint density at radius 2 is 1.55 bits per heavy atom. The summed E-state index contributed by atoms with van der Waals surface area (Å²) in [6, 6.07) is 15.2. The van der Waals surface area contributed by atoms with E-state index < -0.39 is 17.9 Å². The zero-order valence-electron chi connectivity index (χ0n) is 17.1. The summed E-state index contributed by atoms with van der Waals surface area (Å²) < 4.78 is 5.42. The van der Waals surface area contributed by atoms with Crippen LogP contribution in [0.15, 0.2) is 54.6 Å². The standard InChI is InChI=1S/C22H27N3O4/c1-15(23-21(28)16-8-6-5-7-9-16)20(27)25-24-19(26)14-29-18-12-10-17(11-13-18)22(2,3)4/h5-13,15H,14H2,1-4H3,(H,23,28)(H,24,26)(H,25,27)/t15-/m0/s1. The van der Waals surface area contributed by atoms with Crippen LogP contribution >= 0.6 is 0 Å². The van der Waals surface area contributed by atoms with Crippen molar-refractivity contribution in [2.45, 2.75) is 39.2 Å². The Balaban J connectivity index is 1.74. The molecule has 7 nitrogen and oxygen atoms in total. The molecule has 2 aromatic carbocycles. The SMILES string of the molecule is C[C@H](NC(=O)c1ccccc1)C(=O)NNC(=O)COc1ccc(C(C)(C)C)cc1. The first-order chi connectivity index (χ1) is 13.7. The van der Waals surface area contributed by atoms with Gasteiger partial charge in [-0.1, -0.05) is 51.1 Å². The quantitative estimate of drug-likeness (QED) is 0.652. The number of carbonyl (C=O) groups is 3. The van der Waals surface area contributed by atoms with Crippen molar-refractivity contribution in [2.24, 2.45) is 0 Å². The first-order valence-electron chi connectivity index (χ1n) is 9.35. The molecule has 0 saturated heterocycles. The van der Waals surface area contributed by atoms with Crippen molar-refractivity contribution in [3.8, 4) is 5.75 Å². The summed E-state index contributed by atoms with van der Waals surface area (Å²) in [5.41, 5.74) is 6.18. The molecule has 0 aromatic heterocycles. The molecular formula is C22H27N3O4. The van der Waals surface area contributed by atoms with Gasteiger partial charge in [-0.05, 0) is 42.2 Å². The van der Waals surface area contributed by atoms with Crippen LogP contribution in [0, 0.1) is 0 Å². The number of ether oxygens (including phenoxy) is 1. The van der Waals surface area contributed by atoms with E-state index in [2.05, 4.69) is 36.9 Å². The average Bonchev–Trinajstić information content (AvgIpc) is 2.70. The van der Waals surface area contributed by atoms with Crippen molar-refractivity contribution in [1.82, 2.24) is 16.2 Å². The zero-order valence-corrected chi connectivity index (χ0v) is 17.1. The largest absolute Gasteiger partial charge is 0.484 e. The van der Waals surface area contributed by atoms with Crippen molar-refractivity contribution in [3.63, 3.8) is 0 Å². The fraction of sp³-hybridized carbons (Fsp3) is 0.318. The molecule has 0 heterocycles. The Morgan fingerprint density at radius 3 is 2.14 bits per heavy atom. The molecule has 1 atom stereocenters. The fourth-order valence-electron chi connectivity index (χ4n) is 2.41. The van der Waals surface area contributed by atoms with E-state index in [9.17, 15) is 14.4 Å². The lowest BCUT2D eigenvalue weighted by atomic mass is 9.87. The van der Waals surface area contributed by atoms with E-state index in [1.54, 1.807) is 42.5 Å². The highest BCUT2D eigenvalue weighted by Gasteiger charge is 2.17. The molecule has 0 fully saturated rings. The molecule has 0 radical (unpaired) electrons. The molecule has 2 aromatic rings. The van der Waals surface area contributed by atoms with Crippen LogP contribution in [0.2, 0.25) is 0 Å². The highest BCUT2D eigenvalue weighted by molar-refractivity contribution is 5.97. The number of hydrazine groups is 1. The number of benzene rings is 2. The Hall–Kier alpha value is -3.35. The van der Waals surface area contributed by atoms with E-state index in [1.165, 1.54) is 6.92 Å². The minimum atomic E-state index is -0.825. The molecule has 29 heavy (non-hydrogen) atoms. The number of amides is 3. The second kappa shape index (κ2) is 9.73. The van der Waals surface area contributed by atoms with E-state index in [1.807, 2.05) is 12.1 Å². The average molecular weight is 397 g/mol. The number of carbonyl (C=O) groups excluding carboxylic acids is 3. The highest BCUT2D eigenvalue weighted by atomic mass is 16.5. The Morgan fingerprint density at radius 1 is 0.931 bits per heavy atom. The zero-order chi connectivity index (χ0) is 21.4. The van der Waals surface area contributed by atoms with Gasteiger partial charge in [-0.25, -0.2) is 0 Å². The topological polar surface area (TPSA) is 96.5 Å². The number of nitrogens with one attached hydrogen (secondary N) is 3. The molecule has 3 N–H and O–H groups in total. The van der Waals surface area contributed by atoms with Gasteiger partial charge in [-0.2, -0.15) is 0 Å². The van der Waals surface area contributed by atoms with Crippen molar-refractivity contribution < 1.29 is 19.1 Å². The van der Waals surface area contributed by atoms with Gasteiger partial charge in [0.15, 0.2) is 6.61 Å². The first kappa shape index (κ1) is 21.9. The summed E-state index contributed by atoms with van der Waals surface area (Å²) in [5.74, 6) is -0.874. The van der Waals surface area contributed by atoms with Crippen LogP contribution in [-0.4, -0.2) is 30.4 Å². The molecule has 0 unspecified atom stereocenters. The summed E-state index contributed by atoms with van der Waals surface area (Å²) in [5, 5.41) is 2.56. The Kier molecular flexibility index (Phi) is 7.36. The van der Waals surface area contributed by atoms with E-state index in [0.717, 1.165) is 5.56 Å². The van der Waals surface area contributed by atoms with Gasteiger partial charge in [0.05, 0.1) is 0 Å². The van der Waals surface area contributed by atoms with Gasteiger partial charge in [0.1, 0.15) is 11.8 Å². The van der Waals surface area contributed by atoms with E-state index >= 15 is 0 Å². The molecular weight excluding hydrogens is 370 g/mol. The normalized spacial score (nSPS) is 11.9. The molecule has 154 valence electrons. The van der Waals surface area contributed by atoms with Gasteiger partial charge >= 0.3 is 0 Å². The lowest BCUT2D eigenvalue weighted by Gasteiger charge is -2.19. The summed E-state index contributed by atoms with van der Waals surface area (Å²) in [6.45, 7) is 7.61. The first-order valence-corrected chi connectivity index (χ1v) is 9.35. The van der Waals surface area contributed by atoms with Gasteiger partial charge in [0.2, 0.25) is 0 Å². The van der Waals surface area contributed by atoms with Crippen LogP contribution < -0.4 is 20.9 Å². The summed E-state index contributed by atoms with van der Waals surface area (Å²) in [7, 11) is 0. The molecule has 0 spiro atoms. The van der Waals surface area contributed by atoms with E-state index in [4.69, 9.17) is 4.74 Å². The molecule has 2 rings (SSSR count). The number of hydrogen-bond donors (Lipinski definition) is 3. The number of rotatable bonds is 6. The smallest absolute Gasteiger partial charge is 0.276 e. The molecule has 0 aliphatic rings. The van der Waals surface area contributed by atoms with Crippen molar-refractivity contribution in [2.75, 3.05) is 6.61 Å². The van der Waals surface area contributed by atoms with Crippen molar-refractivity contribution >= 4 is 17.7 Å². The lowest BCUT2D eigenvalue weighted by molar-refractivity contribution is -0.130. The predicted octanol–water partition coefficient (Wildman–Crippen LogP) is 2.33. The van der Waals surface area contributed by atoms with Crippen LogP contribution in [-0.2, 0) is 15.0 Å².